The third-order valence-electron chi connectivity index (χ3n) is 6.73. The number of aromatic amines is 1. The minimum absolute atomic E-state index is 0.0949. The average Bonchev–Trinajstić information content (AvgIpc) is 3.50. The molecule has 2 aliphatic heterocycles. The van der Waals surface area contributed by atoms with Crippen molar-refractivity contribution in [2.24, 2.45) is 0 Å². The minimum atomic E-state index is -4.46. The van der Waals surface area contributed by atoms with Gasteiger partial charge in [-0.2, -0.15) is 13.2 Å². The van der Waals surface area contributed by atoms with Crippen LogP contribution < -0.4 is 0 Å². The molecule has 1 atom stereocenters. The number of piperidine rings is 1. The highest BCUT2D eigenvalue weighted by atomic mass is 19.4. The van der Waals surface area contributed by atoms with E-state index in [0.717, 1.165) is 36.3 Å². The highest BCUT2D eigenvalue weighted by Crippen LogP contribution is 2.31. The summed E-state index contributed by atoms with van der Waals surface area (Å²) >= 11 is 0. The van der Waals surface area contributed by atoms with Gasteiger partial charge >= 0.3 is 6.18 Å². The van der Waals surface area contributed by atoms with Crippen LogP contribution in [-0.2, 0) is 11.0 Å². The second-order valence-corrected chi connectivity index (χ2v) is 8.83. The highest BCUT2D eigenvalue weighted by Gasteiger charge is 2.38. The number of imidazole rings is 1. The molecule has 2 saturated heterocycles. The molecule has 2 aromatic heterocycles. The third-order valence-corrected chi connectivity index (χ3v) is 6.73. The molecule has 0 saturated carbocycles. The van der Waals surface area contributed by atoms with Crippen LogP contribution in [0.5, 0.6) is 0 Å². The second kappa shape index (κ2) is 8.73. The number of hydrogen-bond donors (Lipinski definition) is 1. The predicted molar refractivity (Wildman–Crippen MR) is 118 cm³/mol. The molecule has 178 valence electrons. The first-order valence-electron chi connectivity index (χ1n) is 11.4. The summed E-state index contributed by atoms with van der Waals surface area (Å²) in [6, 6.07) is 7.36. The maximum absolute atomic E-state index is 13.3. The quantitative estimate of drug-likeness (QED) is 0.626. The number of fused-ring (bicyclic) bond motifs is 1. The van der Waals surface area contributed by atoms with E-state index in [1.807, 2.05) is 12.1 Å². The molecule has 0 aliphatic carbocycles. The number of H-pyrrole nitrogens is 1. The number of nitrogens with one attached hydrogen (secondary N) is 1. The van der Waals surface area contributed by atoms with Crippen LogP contribution in [0.3, 0.4) is 0 Å². The lowest BCUT2D eigenvalue weighted by Gasteiger charge is -2.35. The summed E-state index contributed by atoms with van der Waals surface area (Å²) in [6.07, 6.45) is -0.00580. The van der Waals surface area contributed by atoms with Crippen LogP contribution in [0.15, 0.2) is 42.6 Å². The number of alkyl halides is 3. The lowest BCUT2D eigenvalue weighted by molar-refractivity contribution is -0.137. The SMILES string of the molecule is O=C(C1CCCN1C(=O)c1ccc(C(F)(F)F)cc1)N1CCC(c2nc3ncccc3[nH]2)CC1. The zero-order valence-corrected chi connectivity index (χ0v) is 18.4. The van der Waals surface area contributed by atoms with Gasteiger partial charge < -0.3 is 14.8 Å². The van der Waals surface area contributed by atoms with Crippen molar-refractivity contribution in [3.63, 3.8) is 0 Å². The fourth-order valence-corrected chi connectivity index (χ4v) is 4.88. The van der Waals surface area contributed by atoms with Crippen molar-refractivity contribution >= 4 is 23.0 Å². The van der Waals surface area contributed by atoms with Crippen LogP contribution >= 0.6 is 0 Å². The van der Waals surface area contributed by atoms with E-state index in [9.17, 15) is 22.8 Å². The first kappa shape index (κ1) is 22.4. The molecule has 7 nitrogen and oxygen atoms in total. The van der Waals surface area contributed by atoms with E-state index in [2.05, 4.69) is 15.0 Å². The van der Waals surface area contributed by atoms with Gasteiger partial charge in [0.25, 0.3) is 5.91 Å². The number of hydrogen-bond acceptors (Lipinski definition) is 4. The van der Waals surface area contributed by atoms with Gasteiger partial charge in [0.15, 0.2) is 5.65 Å². The summed E-state index contributed by atoms with van der Waals surface area (Å²) in [5.74, 6) is 0.573. The molecule has 2 aliphatic rings. The van der Waals surface area contributed by atoms with Crippen molar-refractivity contribution in [3.05, 3.63) is 59.5 Å². The maximum atomic E-state index is 13.3. The van der Waals surface area contributed by atoms with Gasteiger partial charge in [0.2, 0.25) is 5.91 Å². The Hall–Kier alpha value is -3.43. The molecule has 2 amide bonds. The number of likely N-dealkylation sites (tertiary alicyclic amines) is 2. The number of halogens is 3. The molecule has 34 heavy (non-hydrogen) atoms. The molecular formula is C24H24F3N5O2. The number of rotatable bonds is 3. The van der Waals surface area contributed by atoms with Crippen molar-refractivity contribution in [2.75, 3.05) is 19.6 Å². The molecule has 0 bridgehead atoms. The zero-order chi connectivity index (χ0) is 23.9. The zero-order valence-electron chi connectivity index (χ0n) is 18.4. The number of carbonyl (C=O) groups is 2. The van der Waals surface area contributed by atoms with Gasteiger partial charge in [0.05, 0.1) is 11.1 Å². The molecule has 2 fully saturated rings. The molecule has 0 radical (unpaired) electrons. The van der Waals surface area contributed by atoms with Crippen LogP contribution in [0.4, 0.5) is 13.2 Å². The van der Waals surface area contributed by atoms with E-state index in [4.69, 9.17) is 0 Å². The van der Waals surface area contributed by atoms with E-state index >= 15 is 0 Å². The lowest BCUT2D eigenvalue weighted by Crippen LogP contribution is -2.49. The summed E-state index contributed by atoms with van der Waals surface area (Å²) in [5, 5.41) is 0. The standard InChI is InChI=1S/C24H24F3N5O2/c25-24(26,27)17-7-5-16(6-8-17)22(33)32-12-2-4-19(32)23(34)31-13-9-15(10-14-31)20-29-18-3-1-11-28-21(18)30-20/h1,3,5-8,11,15,19H,2,4,9-10,12-14H2,(H,28,29,30). The Bertz CT molecular complexity index is 1170. The van der Waals surface area contributed by atoms with Crippen molar-refractivity contribution in [1.82, 2.24) is 24.8 Å². The summed E-state index contributed by atoms with van der Waals surface area (Å²) in [7, 11) is 0. The number of pyridine rings is 1. The number of carbonyl (C=O) groups excluding carboxylic acids is 2. The lowest BCUT2D eigenvalue weighted by atomic mass is 9.95. The van der Waals surface area contributed by atoms with Crippen LogP contribution in [0, 0.1) is 0 Å². The number of nitrogens with zero attached hydrogens (tertiary/aromatic N) is 4. The minimum Gasteiger partial charge on any atom is -0.341 e. The van der Waals surface area contributed by atoms with E-state index in [-0.39, 0.29) is 17.4 Å². The van der Waals surface area contributed by atoms with Crippen LogP contribution in [-0.4, -0.2) is 62.2 Å². The van der Waals surface area contributed by atoms with Crippen molar-refractivity contribution in [2.45, 2.75) is 43.8 Å². The van der Waals surface area contributed by atoms with Crippen molar-refractivity contribution in [3.8, 4) is 0 Å². The maximum Gasteiger partial charge on any atom is 0.416 e. The van der Waals surface area contributed by atoms with Crippen molar-refractivity contribution in [1.29, 1.82) is 0 Å². The van der Waals surface area contributed by atoms with E-state index in [1.54, 1.807) is 11.1 Å². The molecule has 5 rings (SSSR count). The Morgan fingerprint density at radius 1 is 1.00 bits per heavy atom. The summed E-state index contributed by atoms with van der Waals surface area (Å²) in [6.45, 7) is 1.54. The molecule has 4 heterocycles. The van der Waals surface area contributed by atoms with E-state index in [1.165, 1.54) is 17.0 Å². The Morgan fingerprint density at radius 3 is 2.41 bits per heavy atom. The van der Waals surface area contributed by atoms with Gasteiger partial charge in [-0.1, -0.05) is 0 Å². The number of benzene rings is 1. The highest BCUT2D eigenvalue weighted by molar-refractivity contribution is 5.98. The number of aromatic nitrogens is 3. The van der Waals surface area contributed by atoms with Gasteiger partial charge in [0, 0.05) is 37.3 Å². The molecule has 10 heteroatoms. The summed E-state index contributed by atoms with van der Waals surface area (Å²) < 4.78 is 38.5. The summed E-state index contributed by atoms with van der Waals surface area (Å²) in [4.78, 5) is 41.7. The smallest absolute Gasteiger partial charge is 0.341 e. The van der Waals surface area contributed by atoms with Crippen molar-refractivity contribution < 1.29 is 22.8 Å². The molecule has 1 N–H and O–H groups in total. The average molecular weight is 471 g/mol. The van der Waals surface area contributed by atoms with E-state index < -0.39 is 23.7 Å². The predicted octanol–water partition coefficient (Wildman–Crippen LogP) is 3.99. The molecule has 1 aromatic carbocycles. The Morgan fingerprint density at radius 2 is 1.74 bits per heavy atom. The second-order valence-electron chi connectivity index (χ2n) is 8.83. The first-order valence-corrected chi connectivity index (χ1v) is 11.4. The Kier molecular flexibility index (Phi) is 5.75. The Labute approximate surface area is 194 Å². The fourth-order valence-electron chi connectivity index (χ4n) is 4.88. The topological polar surface area (TPSA) is 82.2 Å². The largest absolute Gasteiger partial charge is 0.416 e. The first-order chi connectivity index (χ1) is 16.3. The monoisotopic (exact) mass is 471 g/mol. The van der Waals surface area contributed by atoms with Gasteiger partial charge in [-0.15, -0.1) is 0 Å². The molecule has 3 aromatic rings. The molecule has 1 unspecified atom stereocenters. The molecular weight excluding hydrogens is 447 g/mol. The van der Waals surface area contributed by atoms with Crippen LogP contribution in [0.2, 0.25) is 0 Å². The van der Waals surface area contributed by atoms with E-state index in [0.29, 0.717) is 38.1 Å². The summed E-state index contributed by atoms with van der Waals surface area (Å²) in [5.41, 5.74) is 0.921. The molecule has 0 spiro atoms. The van der Waals surface area contributed by atoms with Gasteiger partial charge in [-0.05, 0) is 62.1 Å². The van der Waals surface area contributed by atoms with Gasteiger partial charge in [-0.3, -0.25) is 9.59 Å². The Balaban J connectivity index is 1.23. The fraction of sp³-hybridized carbons (Fsp3) is 0.417. The van der Waals surface area contributed by atoms with Gasteiger partial charge in [-0.25, -0.2) is 9.97 Å². The normalized spacial score (nSPS) is 19.7. The van der Waals surface area contributed by atoms with Crippen LogP contribution in [0.1, 0.15) is 53.3 Å². The van der Waals surface area contributed by atoms with Crippen LogP contribution in [0.25, 0.3) is 11.2 Å². The number of amides is 2. The third kappa shape index (κ3) is 4.24. The van der Waals surface area contributed by atoms with Gasteiger partial charge in [0.1, 0.15) is 11.9 Å².